The molecule has 0 fully saturated rings. The maximum atomic E-state index is 12.2. The Hall–Kier alpha value is -2.57. The highest BCUT2D eigenvalue weighted by molar-refractivity contribution is 5.77. The Balaban J connectivity index is 1.96. The SMILES string of the molecule is COCC(=O)N[C@H](C)[C@@H]1c2cc(OC)c(OC)cc2CCN1Cc1ccc(C)cc1. The highest BCUT2D eigenvalue weighted by Crippen LogP contribution is 2.40. The molecule has 6 nitrogen and oxygen atoms in total. The van der Waals surface area contributed by atoms with Gasteiger partial charge < -0.3 is 19.5 Å². The largest absolute Gasteiger partial charge is 0.493 e. The number of carbonyl (C=O) groups is 1. The maximum absolute atomic E-state index is 12.2. The lowest BCUT2D eigenvalue weighted by molar-refractivity contribution is -0.125. The molecule has 0 aliphatic carbocycles. The van der Waals surface area contributed by atoms with Gasteiger partial charge in [-0.2, -0.15) is 0 Å². The molecule has 2 aromatic carbocycles. The first-order valence-electron chi connectivity index (χ1n) is 10.3. The van der Waals surface area contributed by atoms with Gasteiger partial charge in [0.2, 0.25) is 5.91 Å². The van der Waals surface area contributed by atoms with Gasteiger partial charge in [0.15, 0.2) is 11.5 Å². The molecule has 0 unspecified atom stereocenters. The summed E-state index contributed by atoms with van der Waals surface area (Å²) in [5, 5.41) is 3.10. The number of fused-ring (bicyclic) bond motifs is 1. The normalized spacial score (nSPS) is 17.2. The second-order valence-electron chi connectivity index (χ2n) is 7.85. The van der Waals surface area contributed by atoms with Gasteiger partial charge in [0, 0.05) is 26.2 Å². The molecule has 0 saturated carbocycles. The lowest BCUT2D eigenvalue weighted by Crippen LogP contribution is -2.48. The van der Waals surface area contributed by atoms with Crippen LogP contribution in [0, 0.1) is 6.92 Å². The van der Waals surface area contributed by atoms with E-state index >= 15 is 0 Å². The van der Waals surface area contributed by atoms with Crippen LogP contribution in [0.2, 0.25) is 0 Å². The number of rotatable bonds is 8. The first-order valence-corrected chi connectivity index (χ1v) is 10.3. The lowest BCUT2D eigenvalue weighted by atomic mass is 9.87. The molecular formula is C24H32N2O4. The highest BCUT2D eigenvalue weighted by Gasteiger charge is 2.33. The van der Waals surface area contributed by atoms with E-state index in [4.69, 9.17) is 14.2 Å². The molecule has 0 bridgehead atoms. The van der Waals surface area contributed by atoms with E-state index in [2.05, 4.69) is 53.5 Å². The monoisotopic (exact) mass is 412 g/mol. The number of hydrogen-bond acceptors (Lipinski definition) is 5. The van der Waals surface area contributed by atoms with Gasteiger partial charge in [-0.1, -0.05) is 29.8 Å². The number of ether oxygens (including phenoxy) is 3. The van der Waals surface area contributed by atoms with Crippen molar-refractivity contribution < 1.29 is 19.0 Å². The molecule has 0 radical (unpaired) electrons. The summed E-state index contributed by atoms with van der Waals surface area (Å²) < 4.78 is 16.1. The fraction of sp³-hybridized carbons (Fsp3) is 0.458. The molecule has 1 aliphatic rings. The Kier molecular flexibility index (Phi) is 7.34. The van der Waals surface area contributed by atoms with E-state index in [9.17, 15) is 4.79 Å². The average molecular weight is 413 g/mol. The zero-order chi connectivity index (χ0) is 21.7. The van der Waals surface area contributed by atoms with E-state index in [0.717, 1.165) is 30.8 Å². The van der Waals surface area contributed by atoms with Gasteiger partial charge in [-0.25, -0.2) is 0 Å². The summed E-state index contributed by atoms with van der Waals surface area (Å²) in [6.45, 7) is 5.89. The van der Waals surface area contributed by atoms with Crippen LogP contribution in [0.3, 0.4) is 0 Å². The van der Waals surface area contributed by atoms with Crippen LogP contribution in [0.1, 0.15) is 35.2 Å². The summed E-state index contributed by atoms with van der Waals surface area (Å²) in [6, 6.07) is 12.6. The minimum absolute atomic E-state index is 0.00988. The van der Waals surface area contributed by atoms with Gasteiger partial charge in [-0.15, -0.1) is 0 Å². The van der Waals surface area contributed by atoms with Crippen LogP contribution in [-0.2, 0) is 22.5 Å². The Morgan fingerprint density at radius 3 is 2.43 bits per heavy atom. The fourth-order valence-electron chi connectivity index (χ4n) is 4.23. The molecule has 6 heteroatoms. The third-order valence-electron chi connectivity index (χ3n) is 5.67. The quantitative estimate of drug-likeness (QED) is 0.721. The minimum atomic E-state index is -0.118. The molecule has 1 amide bonds. The molecule has 1 heterocycles. The Morgan fingerprint density at radius 2 is 1.80 bits per heavy atom. The smallest absolute Gasteiger partial charge is 0.246 e. The zero-order valence-electron chi connectivity index (χ0n) is 18.5. The summed E-state index contributed by atoms with van der Waals surface area (Å²) >= 11 is 0. The van der Waals surface area contributed by atoms with Crippen molar-refractivity contribution in [1.29, 1.82) is 0 Å². The molecule has 1 N–H and O–H groups in total. The predicted molar refractivity (Wildman–Crippen MR) is 117 cm³/mol. The van der Waals surface area contributed by atoms with Gasteiger partial charge in [-0.3, -0.25) is 9.69 Å². The van der Waals surface area contributed by atoms with Crippen molar-refractivity contribution in [2.24, 2.45) is 0 Å². The van der Waals surface area contributed by atoms with Crippen LogP contribution in [0.15, 0.2) is 36.4 Å². The Labute approximate surface area is 179 Å². The van der Waals surface area contributed by atoms with Gasteiger partial charge in [0.1, 0.15) is 6.61 Å². The van der Waals surface area contributed by atoms with Gasteiger partial charge in [0.05, 0.1) is 20.3 Å². The summed E-state index contributed by atoms with van der Waals surface area (Å²) in [4.78, 5) is 14.7. The van der Waals surface area contributed by atoms with Gasteiger partial charge in [0.25, 0.3) is 0 Å². The molecular weight excluding hydrogens is 380 g/mol. The second-order valence-corrected chi connectivity index (χ2v) is 7.85. The second kappa shape index (κ2) is 9.96. The summed E-state index contributed by atoms with van der Waals surface area (Å²) in [5.41, 5.74) is 4.89. The van der Waals surface area contributed by atoms with Crippen LogP contribution in [-0.4, -0.2) is 51.3 Å². The Bertz CT molecular complexity index is 866. The molecule has 3 rings (SSSR count). The van der Waals surface area contributed by atoms with Crippen LogP contribution in [0.5, 0.6) is 11.5 Å². The highest BCUT2D eigenvalue weighted by atomic mass is 16.5. The first kappa shape index (κ1) is 22.1. The van der Waals surface area contributed by atoms with Gasteiger partial charge >= 0.3 is 0 Å². The van der Waals surface area contributed by atoms with Gasteiger partial charge in [-0.05, 0) is 49.1 Å². The van der Waals surface area contributed by atoms with Crippen LogP contribution in [0.4, 0.5) is 0 Å². The van der Waals surface area contributed by atoms with Crippen LogP contribution in [0.25, 0.3) is 0 Å². The van der Waals surface area contributed by atoms with Crippen molar-refractivity contribution in [3.8, 4) is 11.5 Å². The van der Waals surface area contributed by atoms with Crippen molar-refractivity contribution >= 4 is 5.91 Å². The summed E-state index contributed by atoms with van der Waals surface area (Å²) in [6.07, 6.45) is 0.913. The predicted octanol–water partition coefficient (Wildman–Crippen LogP) is 3.26. The molecule has 0 saturated heterocycles. The molecule has 0 spiro atoms. The number of aryl methyl sites for hydroxylation is 1. The number of methoxy groups -OCH3 is 3. The van der Waals surface area contributed by atoms with E-state index < -0.39 is 0 Å². The third kappa shape index (κ3) is 4.94. The maximum Gasteiger partial charge on any atom is 0.246 e. The number of carbonyl (C=O) groups excluding carboxylic acids is 1. The van der Waals surface area contributed by atoms with E-state index in [1.807, 2.05) is 6.92 Å². The molecule has 2 atom stereocenters. The van der Waals surface area contributed by atoms with Crippen molar-refractivity contribution in [3.05, 3.63) is 58.7 Å². The average Bonchev–Trinajstić information content (AvgIpc) is 2.74. The molecule has 1 aliphatic heterocycles. The zero-order valence-corrected chi connectivity index (χ0v) is 18.5. The molecule has 30 heavy (non-hydrogen) atoms. The van der Waals surface area contributed by atoms with E-state index in [1.54, 1.807) is 14.2 Å². The van der Waals surface area contributed by atoms with Crippen molar-refractivity contribution in [2.75, 3.05) is 34.5 Å². The van der Waals surface area contributed by atoms with Crippen molar-refractivity contribution in [2.45, 2.75) is 38.9 Å². The summed E-state index contributed by atoms with van der Waals surface area (Å²) in [5.74, 6) is 1.32. The summed E-state index contributed by atoms with van der Waals surface area (Å²) in [7, 11) is 4.83. The lowest BCUT2D eigenvalue weighted by Gasteiger charge is -2.41. The standard InChI is InChI=1S/C24H32N2O4/c1-16-6-8-18(9-7-16)14-26-11-10-19-12-21(29-4)22(30-5)13-20(19)24(26)17(2)25-23(27)15-28-3/h6-9,12-13,17,24H,10-11,14-15H2,1-5H3,(H,25,27)/t17-,24-/m1/s1. The number of nitrogens with one attached hydrogen (secondary N) is 1. The number of amides is 1. The van der Waals surface area contributed by atoms with Crippen LogP contribution < -0.4 is 14.8 Å². The molecule has 162 valence electrons. The number of nitrogens with zero attached hydrogens (tertiary/aromatic N) is 1. The fourth-order valence-corrected chi connectivity index (χ4v) is 4.23. The van der Waals surface area contributed by atoms with Crippen LogP contribution >= 0.6 is 0 Å². The topological polar surface area (TPSA) is 60.0 Å². The van der Waals surface area contributed by atoms with E-state index in [0.29, 0.717) is 5.75 Å². The number of benzene rings is 2. The third-order valence-corrected chi connectivity index (χ3v) is 5.67. The van der Waals surface area contributed by atoms with E-state index in [-0.39, 0.29) is 24.6 Å². The van der Waals surface area contributed by atoms with Crippen molar-refractivity contribution in [3.63, 3.8) is 0 Å². The molecule has 0 aromatic heterocycles. The minimum Gasteiger partial charge on any atom is -0.493 e. The van der Waals surface area contributed by atoms with Crippen molar-refractivity contribution in [1.82, 2.24) is 10.2 Å². The first-order chi connectivity index (χ1) is 14.5. The van der Waals surface area contributed by atoms with E-state index in [1.165, 1.54) is 23.8 Å². The molecule has 2 aromatic rings. The number of hydrogen-bond donors (Lipinski definition) is 1. The Morgan fingerprint density at radius 1 is 1.13 bits per heavy atom.